The summed E-state index contributed by atoms with van der Waals surface area (Å²) in [6.45, 7) is 2.04. The zero-order chi connectivity index (χ0) is 15.2. The van der Waals surface area contributed by atoms with Crippen molar-refractivity contribution in [3.05, 3.63) is 29.8 Å². The normalized spacial score (nSPS) is 11.8. The van der Waals surface area contributed by atoms with Gasteiger partial charge in [-0.15, -0.1) is 9.93 Å². The van der Waals surface area contributed by atoms with Crippen LogP contribution in [-0.4, -0.2) is 47.4 Å². The van der Waals surface area contributed by atoms with Crippen LogP contribution in [0.3, 0.4) is 0 Å². The molecule has 0 aliphatic carbocycles. The molecular weight excluding hydrogens is 278 g/mol. The van der Waals surface area contributed by atoms with Gasteiger partial charge in [0.1, 0.15) is 6.54 Å². The van der Waals surface area contributed by atoms with Gasteiger partial charge in [0.25, 0.3) is 0 Å². The summed E-state index contributed by atoms with van der Waals surface area (Å²) in [5.74, 6) is -0.554. The Morgan fingerprint density at radius 1 is 1.25 bits per heavy atom. The highest BCUT2D eigenvalue weighted by Gasteiger charge is 2.15. The molecule has 0 saturated heterocycles. The standard InChI is InChI=1S/C14H21NO4S/c1-4-19-14(17)9-15-12-8-6-5-7-11(12)13(16)10-20(2,3)18/h5-8,15,20H,4,9-10H2,1-3H3. The first-order chi connectivity index (χ1) is 9.33. The van der Waals surface area contributed by atoms with Crippen LogP contribution in [0.2, 0.25) is 0 Å². The van der Waals surface area contributed by atoms with Crippen molar-refractivity contribution >= 4 is 27.4 Å². The molecule has 0 fully saturated rings. The minimum absolute atomic E-state index is 0.00591. The van der Waals surface area contributed by atoms with Crippen LogP contribution in [0.5, 0.6) is 0 Å². The van der Waals surface area contributed by atoms with Gasteiger partial charge in [0.15, 0.2) is 5.78 Å². The Labute approximate surface area is 120 Å². The molecule has 1 aromatic rings. The molecular formula is C14H21NO4S. The Morgan fingerprint density at radius 3 is 2.50 bits per heavy atom. The maximum Gasteiger partial charge on any atom is 0.325 e. The first-order valence-electron chi connectivity index (χ1n) is 6.39. The molecule has 0 atom stereocenters. The highest BCUT2D eigenvalue weighted by molar-refractivity contribution is 8.02. The molecule has 0 amide bonds. The molecule has 112 valence electrons. The molecule has 1 N–H and O–H groups in total. The number of anilines is 1. The largest absolute Gasteiger partial charge is 0.465 e. The van der Waals surface area contributed by atoms with Gasteiger partial charge >= 0.3 is 5.97 Å². The molecule has 0 saturated carbocycles. The maximum absolute atomic E-state index is 12.1. The first-order valence-corrected chi connectivity index (χ1v) is 9.18. The SMILES string of the molecule is CCOC(=O)CNc1ccccc1C(=O)C[SH](C)(C)=O. The van der Waals surface area contributed by atoms with Gasteiger partial charge in [-0.2, -0.15) is 0 Å². The summed E-state index contributed by atoms with van der Waals surface area (Å²) in [5.41, 5.74) is 1.000. The van der Waals surface area contributed by atoms with Crippen LogP contribution in [-0.2, 0) is 19.5 Å². The summed E-state index contributed by atoms with van der Waals surface area (Å²) in [6.07, 6.45) is 3.17. The summed E-state index contributed by atoms with van der Waals surface area (Å²) in [6, 6.07) is 6.87. The highest BCUT2D eigenvalue weighted by Crippen LogP contribution is 2.16. The summed E-state index contributed by atoms with van der Waals surface area (Å²) in [7, 11) is -2.42. The number of thiol groups is 1. The van der Waals surface area contributed by atoms with Crippen molar-refractivity contribution < 1.29 is 18.5 Å². The molecule has 0 unspecified atom stereocenters. The second-order valence-corrected chi connectivity index (χ2v) is 8.32. The van der Waals surface area contributed by atoms with Gasteiger partial charge in [-0.1, -0.05) is 12.1 Å². The van der Waals surface area contributed by atoms with E-state index in [2.05, 4.69) is 5.32 Å². The second kappa shape index (κ2) is 7.19. The third-order valence-corrected chi connectivity index (χ3v) is 3.53. The number of para-hydroxylation sites is 1. The zero-order valence-electron chi connectivity index (χ0n) is 12.0. The molecule has 0 bridgehead atoms. The Balaban J connectivity index is 2.80. The van der Waals surface area contributed by atoms with Crippen LogP contribution in [0.1, 0.15) is 17.3 Å². The van der Waals surface area contributed by atoms with Gasteiger partial charge in [-0.05, 0) is 31.6 Å². The quantitative estimate of drug-likeness (QED) is 0.448. The minimum atomic E-state index is -2.42. The van der Waals surface area contributed by atoms with Gasteiger partial charge in [-0.3, -0.25) is 13.8 Å². The number of benzene rings is 1. The summed E-state index contributed by atoms with van der Waals surface area (Å²) in [5, 5.41) is 2.88. The molecule has 20 heavy (non-hydrogen) atoms. The average Bonchev–Trinajstić information content (AvgIpc) is 2.35. The Hall–Kier alpha value is -1.69. The van der Waals surface area contributed by atoms with E-state index in [1.807, 2.05) is 0 Å². The van der Waals surface area contributed by atoms with Crippen molar-refractivity contribution in [1.29, 1.82) is 0 Å². The molecule has 0 aliphatic rings. The first kappa shape index (κ1) is 16.4. The van der Waals surface area contributed by atoms with Crippen LogP contribution in [0.4, 0.5) is 5.69 Å². The molecule has 0 heterocycles. The van der Waals surface area contributed by atoms with E-state index in [1.54, 1.807) is 43.7 Å². The van der Waals surface area contributed by atoms with Gasteiger partial charge in [0, 0.05) is 11.3 Å². The second-order valence-electron chi connectivity index (χ2n) is 4.86. The average molecular weight is 299 g/mol. The molecule has 0 radical (unpaired) electrons. The van der Waals surface area contributed by atoms with Gasteiger partial charge in [0.2, 0.25) is 0 Å². The van der Waals surface area contributed by atoms with Crippen LogP contribution in [0, 0.1) is 0 Å². The van der Waals surface area contributed by atoms with Crippen molar-refractivity contribution in [2.45, 2.75) is 6.92 Å². The van der Waals surface area contributed by atoms with Crippen molar-refractivity contribution in [3.8, 4) is 0 Å². The molecule has 0 aliphatic heterocycles. The highest BCUT2D eigenvalue weighted by atomic mass is 32.2. The van der Waals surface area contributed by atoms with Gasteiger partial charge in [0.05, 0.1) is 12.4 Å². The van der Waals surface area contributed by atoms with E-state index in [0.717, 1.165) is 0 Å². The summed E-state index contributed by atoms with van der Waals surface area (Å²) in [4.78, 5) is 23.4. The van der Waals surface area contributed by atoms with Gasteiger partial charge < -0.3 is 10.1 Å². The van der Waals surface area contributed by atoms with E-state index >= 15 is 0 Å². The predicted molar refractivity (Wildman–Crippen MR) is 82.1 cm³/mol. The van der Waals surface area contributed by atoms with E-state index in [4.69, 9.17) is 4.74 Å². The lowest BCUT2D eigenvalue weighted by molar-refractivity contribution is -0.140. The molecule has 5 nitrogen and oxygen atoms in total. The number of hydrogen-bond acceptors (Lipinski definition) is 5. The fourth-order valence-corrected chi connectivity index (χ4v) is 2.55. The lowest BCUT2D eigenvalue weighted by Gasteiger charge is -2.14. The molecule has 0 spiro atoms. The number of carbonyl (C=O) groups is 2. The van der Waals surface area contributed by atoms with Crippen LogP contribution in [0.15, 0.2) is 24.3 Å². The number of nitrogens with one attached hydrogen (secondary N) is 1. The number of rotatable bonds is 7. The number of ether oxygens (including phenoxy) is 1. The van der Waals surface area contributed by atoms with E-state index in [0.29, 0.717) is 17.9 Å². The van der Waals surface area contributed by atoms with Crippen molar-refractivity contribution in [2.24, 2.45) is 0 Å². The summed E-state index contributed by atoms with van der Waals surface area (Å²) < 4.78 is 16.6. The monoisotopic (exact) mass is 299 g/mol. The molecule has 1 rings (SSSR count). The van der Waals surface area contributed by atoms with E-state index in [1.165, 1.54) is 0 Å². The Morgan fingerprint density at radius 2 is 1.90 bits per heavy atom. The number of esters is 1. The minimum Gasteiger partial charge on any atom is -0.465 e. The Bertz CT molecular complexity index is 536. The predicted octanol–water partition coefficient (Wildman–Crippen LogP) is 1.12. The van der Waals surface area contributed by atoms with Crippen LogP contribution >= 0.6 is 0 Å². The summed E-state index contributed by atoms with van der Waals surface area (Å²) >= 11 is 0. The fourth-order valence-electron chi connectivity index (χ4n) is 1.69. The van der Waals surface area contributed by atoms with Gasteiger partial charge in [-0.25, -0.2) is 0 Å². The smallest absolute Gasteiger partial charge is 0.325 e. The zero-order valence-corrected chi connectivity index (χ0v) is 12.9. The third-order valence-electron chi connectivity index (χ3n) is 2.48. The van der Waals surface area contributed by atoms with E-state index < -0.39 is 9.93 Å². The lowest BCUT2D eigenvalue weighted by Crippen LogP contribution is -2.22. The fraction of sp³-hybridized carbons (Fsp3) is 0.429. The van der Waals surface area contributed by atoms with Crippen molar-refractivity contribution in [2.75, 3.05) is 36.7 Å². The van der Waals surface area contributed by atoms with E-state index in [-0.39, 0.29) is 24.1 Å². The van der Waals surface area contributed by atoms with Crippen LogP contribution in [0.25, 0.3) is 0 Å². The maximum atomic E-state index is 12.1. The number of Topliss-reactive ketones (excluding diaryl/α,β-unsaturated/α-hetero) is 1. The van der Waals surface area contributed by atoms with Crippen LogP contribution < -0.4 is 5.32 Å². The van der Waals surface area contributed by atoms with Crippen molar-refractivity contribution in [1.82, 2.24) is 0 Å². The lowest BCUT2D eigenvalue weighted by atomic mass is 10.1. The van der Waals surface area contributed by atoms with Crippen molar-refractivity contribution in [3.63, 3.8) is 0 Å². The third kappa shape index (κ3) is 5.52. The number of carbonyl (C=O) groups excluding carboxylic acids is 2. The van der Waals surface area contributed by atoms with E-state index in [9.17, 15) is 13.8 Å². The molecule has 0 aromatic heterocycles. The number of ketones is 1. The molecule has 6 heteroatoms. The topological polar surface area (TPSA) is 72.5 Å². The Kier molecular flexibility index (Phi) is 5.88. The molecule has 1 aromatic carbocycles. The number of hydrogen-bond donors (Lipinski definition) is 2.